The second-order valence-corrected chi connectivity index (χ2v) is 6.94. The van der Waals surface area contributed by atoms with Crippen molar-refractivity contribution >= 4 is 23.5 Å². The highest BCUT2D eigenvalue weighted by atomic mass is 16.5. The van der Waals surface area contributed by atoms with Crippen LogP contribution >= 0.6 is 0 Å². The number of Topliss-reactive ketones (excluding diaryl/α,β-unsaturated/α-hetero) is 1. The van der Waals surface area contributed by atoms with Gasteiger partial charge in [0.15, 0.2) is 6.10 Å². The number of aryl methyl sites for hydroxylation is 3. The molecule has 0 fully saturated rings. The Bertz CT molecular complexity index is 1160. The van der Waals surface area contributed by atoms with Crippen molar-refractivity contribution < 1.29 is 23.9 Å². The number of carbonyl (C=O) groups is 3. The minimum Gasteiger partial charge on any atom is -0.462 e. The van der Waals surface area contributed by atoms with E-state index in [-0.39, 0.29) is 23.9 Å². The van der Waals surface area contributed by atoms with Crippen LogP contribution < -0.4 is 0 Å². The summed E-state index contributed by atoms with van der Waals surface area (Å²) < 4.78 is 11.7. The second-order valence-electron chi connectivity index (χ2n) is 6.94. The zero-order valence-corrected chi connectivity index (χ0v) is 17.7. The first kappa shape index (κ1) is 21.2. The Morgan fingerprint density at radius 2 is 1.83 bits per heavy atom. The van der Waals surface area contributed by atoms with Crippen LogP contribution in [0, 0.1) is 27.7 Å². The summed E-state index contributed by atoms with van der Waals surface area (Å²) in [5, 5.41) is 4.11. The van der Waals surface area contributed by atoms with Crippen LogP contribution in [0.3, 0.4) is 0 Å². The van der Waals surface area contributed by atoms with E-state index in [2.05, 4.69) is 20.1 Å². The number of aromatic nitrogens is 5. The molecule has 0 amide bonds. The van der Waals surface area contributed by atoms with Gasteiger partial charge in [-0.15, -0.1) is 5.10 Å². The summed E-state index contributed by atoms with van der Waals surface area (Å²) in [7, 11) is 0. The molecule has 0 aromatic carbocycles. The van der Waals surface area contributed by atoms with Gasteiger partial charge >= 0.3 is 11.9 Å². The van der Waals surface area contributed by atoms with E-state index < -0.39 is 23.8 Å². The number of H-pyrrole nitrogens is 1. The van der Waals surface area contributed by atoms with Gasteiger partial charge in [0.05, 0.1) is 17.9 Å². The SMILES string of the molecule is CCOC(=O)c1c(C)[nH]c(C(=O)C(C)OC(=O)c2nc3nc(C)cc(C)n3n2)c1C. The normalized spacial score (nSPS) is 12.1. The minimum atomic E-state index is -1.12. The molecule has 30 heavy (non-hydrogen) atoms. The van der Waals surface area contributed by atoms with Crippen LogP contribution in [-0.2, 0) is 9.47 Å². The number of hydrogen-bond donors (Lipinski definition) is 1. The lowest BCUT2D eigenvalue weighted by molar-refractivity contribution is 0.0305. The number of esters is 2. The first-order valence-corrected chi connectivity index (χ1v) is 9.46. The Kier molecular flexibility index (Phi) is 5.68. The molecule has 0 saturated carbocycles. The van der Waals surface area contributed by atoms with Crippen molar-refractivity contribution in [2.24, 2.45) is 0 Å². The molecule has 158 valence electrons. The summed E-state index contributed by atoms with van der Waals surface area (Å²) in [6.07, 6.45) is -1.12. The zero-order chi connectivity index (χ0) is 22.2. The van der Waals surface area contributed by atoms with Crippen molar-refractivity contribution in [3.63, 3.8) is 0 Å². The summed E-state index contributed by atoms with van der Waals surface area (Å²) in [5.41, 5.74) is 2.94. The Morgan fingerprint density at radius 3 is 2.50 bits per heavy atom. The van der Waals surface area contributed by atoms with Gasteiger partial charge in [0.25, 0.3) is 11.6 Å². The fourth-order valence-electron chi connectivity index (χ4n) is 3.23. The average Bonchev–Trinajstić information content (AvgIpc) is 3.22. The van der Waals surface area contributed by atoms with E-state index in [0.717, 1.165) is 11.4 Å². The lowest BCUT2D eigenvalue weighted by atomic mass is 10.1. The highest BCUT2D eigenvalue weighted by Crippen LogP contribution is 2.21. The number of ketones is 1. The van der Waals surface area contributed by atoms with E-state index in [1.54, 1.807) is 26.8 Å². The predicted molar refractivity (Wildman–Crippen MR) is 106 cm³/mol. The van der Waals surface area contributed by atoms with Gasteiger partial charge in [0, 0.05) is 17.1 Å². The first-order valence-electron chi connectivity index (χ1n) is 9.46. The van der Waals surface area contributed by atoms with E-state index in [1.165, 1.54) is 11.4 Å². The van der Waals surface area contributed by atoms with Crippen molar-refractivity contribution in [1.29, 1.82) is 0 Å². The van der Waals surface area contributed by atoms with Crippen LogP contribution in [0.2, 0.25) is 0 Å². The van der Waals surface area contributed by atoms with Gasteiger partial charge in [0.2, 0.25) is 5.78 Å². The topological polar surface area (TPSA) is 129 Å². The highest BCUT2D eigenvalue weighted by Gasteiger charge is 2.29. The van der Waals surface area contributed by atoms with E-state index in [9.17, 15) is 14.4 Å². The van der Waals surface area contributed by atoms with Crippen LogP contribution in [0.15, 0.2) is 6.07 Å². The van der Waals surface area contributed by atoms with E-state index in [1.807, 2.05) is 13.8 Å². The summed E-state index contributed by atoms with van der Waals surface area (Å²) in [6.45, 7) is 10.3. The molecule has 0 aliphatic rings. The number of aromatic amines is 1. The molecule has 0 aliphatic carbocycles. The smallest absolute Gasteiger partial charge is 0.379 e. The number of carbonyl (C=O) groups excluding carboxylic acids is 3. The lowest BCUT2D eigenvalue weighted by Crippen LogP contribution is -2.26. The summed E-state index contributed by atoms with van der Waals surface area (Å²) >= 11 is 0. The van der Waals surface area contributed by atoms with Crippen molar-refractivity contribution in [2.75, 3.05) is 6.61 Å². The molecule has 3 aromatic heterocycles. The monoisotopic (exact) mass is 413 g/mol. The molecule has 0 radical (unpaired) electrons. The van der Waals surface area contributed by atoms with E-state index in [0.29, 0.717) is 16.8 Å². The lowest BCUT2D eigenvalue weighted by Gasteiger charge is -2.10. The molecule has 3 heterocycles. The summed E-state index contributed by atoms with van der Waals surface area (Å²) in [5.74, 6) is -1.76. The van der Waals surface area contributed by atoms with Gasteiger partial charge in [0.1, 0.15) is 0 Å². The van der Waals surface area contributed by atoms with Crippen molar-refractivity contribution in [2.45, 2.75) is 47.6 Å². The van der Waals surface area contributed by atoms with Gasteiger partial charge in [-0.2, -0.15) is 4.98 Å². The summed E-state index contributed by atoms with van der Waals surface area (Å²) in [6, 6.07) is 1.81. The predicted octanol–water partition coefficient (Wildman–Crippen LogP) is 2.29. The molecule has 0 aliphatic heterocycles. The maximum atomic E-state index is 12.8. The average molecular weight is 413 g/mol. The Hall–Kier alpha value is -3.56. The number of rotatable bonds is 6. The van der Waals surface area contributed by atoms with Crippen LogP contribution in [-0.4, -0.2) is 55.0 Å². The standard InChI is InChI=1S/C20H23N5O5/c1-7-29-18(27)14-11(4)15(22-12(14)5)16(26)13(6)30-19(28)17-23-20-21-9(2)8-10(3)25(20)24-17/h8,13,22H,7H2,1-6H3. The maximum Gasteiger partial charge on any atom is 0.379 e. The van der Waals surface area contributed by atoms with Crippen molar-refractivity contribution in [3.05, 3.63) is 45.8 Å². The third-order valence-electron chi connectivity index (χ3n) is 4.62. The van der Waals surface area contributed by atoms with E-state index >= 15 is 0 Å². The Morgan fingerprint density at radius 1 is 1.13 bits per heavy atom. The molecule has 3 aromatic rings. The van der Waals surface area contributed by atoms with Gasteiger partial charge in [-0.1, -0.05) is 0 Å². The van der Waals surface area contributed by atoms with Crippen molar-refractivity contribution in [3.8, 4) is 0 Å². The van der Waals surface area contributed by atoms with Crippen LogP contribution in [0.25, 0.3) is 5.78 Å². The fourth-order valence-corrected chi connectivity index (χ4v) is 3.23. The minimum absolute atomic E-state index is 0.187. The maximum absolute atomic E-state index is 12.8. The number of nitrogens with zero attached hydrogens (tertiary/aromatic N) is 4. The van der Waals surface area contributed by atoms with Gasteiger partial charge in [-0.25, -0.2) is 19.1 Å². The number of fused-ring (bicyclic) bond motifs is 1. The molecular weight excluding hydrogens is 390 g/mol. The fraction of sp³-hybridized carbons (Fsp3) is 0.400. The first-order chi connectivity index (χ1) is 14.1. The molecular formula is C20H23N5O5. The summed E-state index contributed by atoms with van der Waals surface area (Å²) in [4.78, 5) is 48.6. The highest BCUT2D eigenvalue weighted by molar-refractivity contribution is 6.04. The largest absolute Gasteiger partial charge is 0.462 e. The third kappa shape index (κ3) is 3.80. The molecule has 0 bridgehead atoms. The Balaban J connectivity index is 1.81. The molecule has 10 nitrogen and oxygen atoms in total. The molecule has 1 atom stereocenters. The van der Waals surface area contributed by atoms with Gasteiger partial charge in [-0.05, 0) is 53.2 Å². The Labute approximate surface area is 172 Å². The van der Waals surface area contributed by atoms with Crippen LogP contribution in [0.1, 0.15) is 68.0 Å². The van der Waals surface area contributed by atoms with E-state index in [4.69, 9.17) is 9.47 Å². The van der Waals surface area contributed by atoms with Crippen LogP contribution in [0.5, 0.6) is 0 Å². The van der Waals surface area contributed by atoms with Crippen LogP contribution in [0.4, 0.5) is 0 Å². The number of hydrogen-bond acceptors (Lipinski definition) is 8. The third-order valence-corrected chi connectivity index (χ3v) is 4.62. The van der Waals surface area contributed by atoms with Gasteiger partial charge in [-0.3, -0.25) is 4.79 Å². The quantitative estimate of drug-likeness (QED) is 0.481. The van der Waals surface area contributed by atoms with Gasteiger partial charge < -0.3 is 14.5 Å². The number of nitrogens with one attached hydrogen (secondary N) is 1. The molecule has 1 N–H and O–H groups in total. The molecule has 0 spiro atoms. The zero-order valence-electron chi connectivity index (χ0n) is 17.7. The van der Waals surface area contributed by atoms with Crippen molar-refractivity contribution in [1.82, 2.24) is 24.6 Å². The molecule has 1 unspecified atom stereocenters. The second kappa shape index (κ2) is 8.05. The molecule has 10 heteroatoms. The number of ether oxygens (including phenoxy) is 2. The molecule has 0 saturated heterocycles. The molecule has 3 rings (SSSR count).